The van der Waals surface area contributed by atoms with E-state index in [2.05, 4.69) is 26.3 Å². The Morgan fingerprint density at radius 2 is 2.00 bits per heavy atom. The number of hydrogen-bond donors (Lipinski definition) is 1. The van der Waals surface area contributed by atoms with Gasteiger partial charge in [0.1, 0.15) is 30.1 Å². The van der Waals surface area contributed by atoms with Gasteiger partial charge in [-0.05, 0) is 36.4 Å². The van der Waals surface area contributed by atoms with E-state index in [1.807, 2.05) is 4.90 Å². The van der Waals surface area contributed by atoms with Crippen molar-refractivity contribution in [1.29, 1.82) is 5.26 Å². The van der Waals surface area contributed by atoms with E-state index in [1.54, 1.807) is 35.2 Å². The van der Waals surface area contributed by atoms with Gasteiger partial charge in [0.15, 0.2) is 12.0 Å². The first kappa shape index (κ1) is 25.3. The molecule has 0 spiro atoms. The van der Waals surface area contributed by atoms with E-state index in [0.29, 0.717) is 62.0 Å². The molecule has 5 rings (SSSR count). The third kappa shape index (κ3) is 5.63. The summed E-state index contributed by atoms with van der Waals surface area (Å²) >= 11 is 0. The van der Waals surface area contributed by atoms with Gasteiger partial charge in [-0.15, -0.1) is 0 Å². The molecule has 38 heavy (non-hydrogen) atoms. The van der Waals surface area contributed by atoms with Gasteiger partial charge in [0.05, 0.1) is 24.5 Å². The van der Waals surface area contributed by atoms with Crippen molar-refractivity contribution in [3.05, 3.63) is 54.1 Å². The Hall–Kier alpha value is -4.37. The molecule has 0 saturated carbocycles. The summed E-state index contributed by atoms with van der Waals surface area (Å²) < 4.78 is 39.8. The summed E-state index contributed by atoms with van der Waals surface area (Å²) in [6, 6.07) is 11.7. The molecule has 10 nitrogen and oxygen atoms in total. The average molecular weight is 522 g/mol. The van der Waals surface area contributed by atoms with E-state index < -0.39 is 18.1 Å². The molecule has 2 saturated heterocycles. The Kier molecular flexibility index (Phi) is 7.55. The van der Waals surface area contributed by atoms with Crippen molar-refractivity contribution in [1.82, 2.24) is 19.9 Å². The number of nitrogens with one attached hydrogen (secondary N) is 1. The van der Waals surface area contributed by atoms with E-state index in [1.165, 1.54) is 12.4 Å². The molecule has 1 amide bonds. The number of piperazine rings is 1. The molecule has 1 N–H and O–H groups in total. The fraction of sp³-hybridized carbons (Fsp3) is 0.346. The molecule has 2 atom stereocenters. The van der Waals surface area contributed by atoms with E-state index >= 15 is 0 Å². The number of alkyl halides is 1. The van der Waals surface area contributed by atoms with Crippen molar-refractivity contribution in [3.8, 4) is 23.2 Å². The fourth-order valence-corrected chi connectivity index (χ4v) is 4.37. The number of halogens is 2. The second kappa shape index (κ2) is 11.4. The standard InChI is InChI=1S/C26H25F2N7O3/c27-20-12-19(2-3-22(20)35-8-6-34(16-36)7-9-35)32-26-31-15-30-25(33-26)17-1-4-23(18(11-17)13-29)38-24-5-10-37-14-21(24)28/h1-4,11-12,15-16,21,24H,5-10,14H2,(H,30,31,32,33). The van der Waals surface area contributed by atoms with Crippen molar-refractivity contribution in [3.63, 3.8) is 0 Å². The number of nitriles is 1. The number of rotatable bonds is 7. The first-order valence-corrected chi connectivity index (χ1v) is 12.2. The SMILES string of the molecule is N#Cc1cc(-c2ncnc(Nc3ccc(N4CCN(C=O)CC4)c(F)c3)n2)ccc1OC1CCOCC1F. The number of benzene rings is 2. The zero-order valence-electron chi connectivity index (χ0n) is 20.4. The van der Waals surface area contributed by atoms with E-state index in [9.17, 15) is 18.8 Å². The number of ether oxygens (including phenoxy) is 2. The maximum Gasteiger partial charge on any atom is 0.230 e. The lowest BCUT2D eigenvalue weighted by atomic mass is 10.1. The minimum atomic E-state index is -1.27. The zero-order chi connectivity index (χ0) is 26.5. The molecule has 0 aliphatic carbocycles. The minimum Gasteiger partial charge on any atom is -0.486 e. The number of carbonyl (C=O) groups is 1. The summed E-state index contributed by atoms with van der Waals surface area (Å²) in [5, 5.41) is 12.6. The molecule has 2 fully saturated rings. The van der Waals surface area contributed by atoms with Crippen molar-refractivity contribution < 1.29 is 23.0 Å². The van der Waals surface area contributed by atoms with E-state index in [0.717, 1.165) is 6.41 Å². The lowest BCUT2D eigenvalue weighted by Crippen LogP contribution is -2.46. The van der Waals surface area contributed by atoms with Gasteiger partial charge < -0.3 is 24.6 Å². The fourth-order valence-electron chi connectivity index (χ4n) is 4.37. The Morgan fingerprint density at radius 3 is 2.74 bits per heavy atom. The second-order valence-electron chi connectivity index (χ2n) is 8.91. The van der Waals surface area contributed by atoms with Crippen LogP contribution in [0.1, 0.15) is 12.0 Å². The Bertz CT molecular complexity index is 1340. The van der Waals surface area contributed by atoms with Crippen LogP contribution in [0.15, 0.2) is 42.7 Å². The summed E-state index contributed by atoms with van der Waals surface area (Å²) in [5.74, 6) is 0.368. The highest BCUT2D eigenvalue weighted by atomic mass is 19.1. The van der Waals surface area contributed by atoms with Crippen LogP contribution in [0.2, 0.25) is 0 Å². The van der Waals surface area contributed by atoms with Crippen LogP contribution < -0.4 is 15.0 Å². The maximum absolute atomic E-state index is 14.9. The summed E-state index contributed by atoms with van der Waals surface area (Å²) in [6.45, 7) is 2.56. The molecule has 1 aromatic heterocycles. The summed E-state index contributed by atoms with van der Waals surface area (Å²) in [7, 11) is 0. The van der Waals surface area contributed by atoms with Crippen LogP contribution in [0.5, 0.6) is 5.75 Å². The highest BCUT2D eigenvalue weighted by molar-refractivity contribution is 5.64. The van der Waals surface area contributed by atoms with Gasteiger partial charge in [-0.1, -0.05) is 0 Å². The summed E-state index contributed by atoms with van der Waals surface area (Å²) in [5.41, 5.74) is 1.68. The monoisotopic (exact) mass is 521 g/mol. The van der Waals surface area contributed by atoms with E-state index in [4.69, 9.17) is 9.47 Å². The molecule has 196 valence electrons. The van der Waals surface area contributed by atoms with Crippen LogP contribution in [0, 0.1) is 17.1 Å². The zero-order valence-corrected chi connectivity index (χ0v) is 20.4. The third-order valence-corrected chi connectivity index (χ3v) is 6.44. The molecule has 12 heteroatoms. The number of aromatic nitrogens is 3. The summed E-state index contributed by atoms with van der Waals surface area (Å²) in [4.78, 5) is 27.2. The van der Waals surface area contributed by atoms with Crippen LogP contribution in [0.25, 0.3) is 11.4 Å². The highest BCUT2D eigenvalue weighted by Crippen LogP contribution is 2.29. The van der Waals surface area contributed by atoms with E-state index in [-0.39, 0.29) is 23.9 Å². The first-order valence-electron chi connectivity index (χ1n) is 12.2. The van der Waals surface area contributed by atoms with Crippen molar-refractivity contribution in [2.24, 2.45) is 0 Å². The second-order valence-corrected chi connectivity index (χ2v) is 8.91. The van der Waals surface area contributed by atoms with Crippen LogP contribution in [0.3, 0.4) is 0 Å². The molecule has 3 heterocycles. The van der Waals surface area contributed by atoms with Gasteiger partial charge in [0.25, 0.3) is 0 Å². The van der Waals surface area contributed by atoms with Crippen LogP contribution in [0.4, 0.5) is 26.1 Å². The molecule has 0 radical (unpaired) electrons. The van der Waals surface area contributed by atoms with Crippen LogP contribution >= 0.6 is 0 Å². The quantitative estimate of drug-likeness (QED) is 0.468. The molecule has 2 aliphatic rings. The molecular weight excluding hydrogens is 496 g/mol. The smallest absolute Gasteiger partial charge is 0.230 e. The van der Waals surface area contributed by atoms with Gasteiger partial charge in [0.2, 0.25) is 12.4 Å². The van der Waals surface area contributed by atoms with Gasteiger partial charge in [0, 0.05) is 43.9 Å². The Morgan fingerprint density at radius 1 is 1.16 bits per heavy atom. The minimum absolute atomic E-state index is 0.0315. The first-order chi connectivity index (χ1) is 18.5. The molecular formula is C26H25F2N7O3. The van der Waals surface area contributed by atoms with Gasteiger partial charge in [-0.2, -0.15) is 10.2 Å². The van der Waals surface area contributed by atoms with Gasteiger partial charge in [-0.3, -0.25) is 4.79 Å². The maximum atomic E-state index is 14.9. The average Bonchev–Trinajstić information content (AvgIpc) is 2.95. The molecule has 2 aromatic carbocycles. The van der Waals surface area contributed by atoms with Crippen LogP contribution in [-0.4, -0.2) is 77.9 Å². The predicted molar refractivity (Wildman–Crippen MR) is 134 cm³/mol. The number of amides is 1. The van der Waals surface area contributed by atoms with Crippen LogP contribution in [-0.2, 0) is 9.53 Å². The molecule has 2 aliphatic heterocycles. The Balaban J connectivity index is 1.29. The van der Waals surface area contributed by atoms with Crippen molar-refractivity contribution in [2.45, 2.75) is 18.7 Å². The normalized spacial score (nSPS) is 19.5. The highest BCUT2D eigenvalue weighted by Gasteiger charge is 2.28. The molecule has 0 bridgehead atoms. The molecule has 3 aromatic rings. The number of nitrogens with zero attached hydrogens (tertiary/aromatic N) is 6. The number of carbonyl (C=O) groups excluding carboxylic acids is 1. The van der Waals surface area contributed by atoms with Crippen molar-refractivity contribution >= 4 is 23.7 Å². The topological polar surface area (TPSA) is 117 Å². The lowest BCUT2D eigenvalue weighted by molar-refractivity contribution is -0.118. The Labute approximate surface area is 217 Å². The summed E-state index contributed by atoms with van der Waals surface area (Å²) in [6.07, 6.45) is 0.574. The third-order valence-electron chi connectivity index (χ3n) is 6.44. The predicted octanol–water partition coefficient (Wildman–Crippen LogP) is 3.08. The largest absolute Gasteiger partial charge is 0.486 e. The van der Waals surface area contributed by atoms with Gasteiger partial charge >= 0.3 is 0 Å². The number of anilines is 3. The lowest BCUT2D eigenvalue weighted by Gasteiger charge is -2.34. The number of hydrogen-bond acceptors (Lipinski definition) is 9. The molecule has 2 unspecified atom stereocenters. The van der Waals surface area contributed by atoms with Gasteiger partial charge in [-0.25, -0.2) is 18.7 Å². The van der Waals surface area contributed by atoms with Crippen molar-refractivity contribution in [2.75, 3.05) is 49.6 Å².